The highest BCUT2D eigenvalue weighted by Crippen LogP contribution is 2.46. The Morgan fingerprint density at radius 2 is 1.68 bits per heavy atom. The van der Waals surface area contributed by atoms with Crippen molar-refractivity contribution >= 4 is 11.8 Å². The second-order valence-corrected chi connectivity index (χ2v) is 6.36. The summed E-state index contributed by atoms with van der Waals surface area (Å²) in [5, 5.41) is 19.3. The van der Waals surface area contributed by atoms with E-state index in [0.717, 1.165) is 0 Å². The molecule has 9 nitrogen and oxygen atoms in total. The van der Waals surface area contributed by atoms with E-state index in [4.69, 9.17) is 14.2 Å². The molecule has 28 heavy (non-hydrogen) atoms. The van der Waals surface area contributed by atoms with E-state index in [0.29, 0.717) is 48.8 Å². The largest absolute Gasteiger partial charge is 0.492 e. The van der Waals surface area contributed by atoms with Crippen LogP contribution in [-0.4, -0.2) is 66.7 Å². The minimum absolute atomic E-state index is 0.0589. The van der Waals surface area contributed by atoms with Gasteiger partial charge < -0.3 is 29.3 Å². The van der Waals surface area contributed by atoms with Crippen LogP contribution < -0.4 is 19.1 Å². The van der Waals surface area contributed by atoms with Crippen LogP contribution in [0.15, 0.2) is 18.5 Å². The van der Waals surface area contributed by atoms with Crippen LogP contribution in [0.1, 0.15) is 23.2 Å². The number of piperidine rings is 1. The Bertz CT molecular complexity index is 865. The van der Waals surface area contributed by atoms with Crippen molar-refractivity contribution in [1.29, 1.82) is 0 Å². The molecule has 1 aromatic carbocycles. The predicted molar refractivity (Wildman–Crippen MR) is 102 cm³/mol. The predicted octanol–water partition coefficient (Wildman–Crippen LogP) is 1.83. The molecule has 3 rings (SSSR count). The molecule has 9 heteroatoms. The van der Waals surface area contributed by atoms with Crippen LogP contribution in [0.25, 0.3) is 11.3 Å². The molecule has 0 atom stereocenters. The molecule has 0 spiro atoms. The zero-order valence-electron chi connectivity index (χ0n) is 16.0. The third kappa shape index (κ3) is 3.65. The maximum absolute atomic E-state index is 11.7. The number of carboxylic acids is 1. The number of carboxylic acid groups (broad SMARTS) is 1. The molecule has 2 N–H and O–H groups in total. The fourth-order valence-electron chi connectivity index (χ4n) is 3.33. The summed E-state index contributed by atoms with van der Waals surface area (Å²) in [7, 11) is 4.26. The fourth-order valence-corrected chi connectivity index (χ4v) is 3.33. The van der Waals surface area contributed by atoms with Crippen LogP contribution in [-0.2, 0) is 0 Å². The Balaban J connectivity index is 2.11. The molecular formula is C19H23N3O6. The first-order chi connectivity index (χ1) is 13.5. The summed E-state index contributed by atoms with van der Waals surface area (Å²) in [6.45, 7) is 1.36. The second-order valence-electron chi connectivity index (χ2n) is 6.36. The molecule has 1 saturated heterocycles. The standard InChI is InChI=1S/C19H23N3O6/c1-26-16-12(8-13(19(24)25)17(27-2)18(16)28-3)14-9-15(21-10-20-14)22-6-4-11(23)5-7-22/h8-11,23H,4-7H2,1-3H3,(H,24,25). The first-order valence-electron chi connectivity index (χ1n) is 8.81. The number of aliphatic hydroxyl groups excluding tert-OH is 1. The van der Waals surface area contributed by atoms with E-state index >= 15 is 0 Å². The Morgan fingerprint density at radius 1 is 1.04 bits per heavy atom. The number of methoxy groups -OCH3 is 3. The van der Waals surface area contributed by atoms with Crippen molar-refractivity contribution in [3.8, 4) is 28.5 Å². The summed E-state index contributed by atoms with van der Waals surface area (Å²) in [5.74, 6) is 0.128. The first-order valence-corrected chi connectivity index (χ1v) is 8.81. The number of hydrogen-bond donors (Lipinski definition) is 2. The van der Waals surface area contributed by atoms with Gasteiger partial charge in [0.25, 0.3) is 0 Å². The van der Waals surface area contributed by atoms with Crippen molar-refractivity contribution in [1.82, 2.24) is 9.97 Å². The minimum Gasteiger partial charge on any atom is -0.492 e. The van der Waals surface area contributed by atoms with Gasteiger partial charge in [-0.25, -0.2) is 14.8 Å². The maximum Gasteiger partial charge on any atom is 0.339 e. The highest BCUT2D eigenvalue weighted by Gasteiger charge is 2.26. The van der Waals surface area contributed by atoms with Gasteiger partial charge in [0.05, 0.1) is 33.1 Å². The van der Waals surface area contributed by atoms with Crippen molar-refractivity contribution in [2.24, 2.45) is 0 Å². The molecule has 1 aromatic heterocycles. The second kappa shape index (κ2) is 8.30. The molecule has 0 saturated carbocycles. The van der Waals surface area contributed by atoms with Crippen molar-refractivity contribution < 1.29 is 29.2 Å². The van der Waals surface area contributed by atoms with Crippen molar-refractivity contribution in [3.05, 3.63) is 24.0 Å². The lowest BCUT2D eigenvalue weighted by Crippen LogP contribution is -2.36. The number of rotatable bonds is 6. The quantitative estimate of drug-likeness (QED) is 0.763. The lowest BCUT2D eigenvalue weighted by atomic mass is 10.0. The molecule has 150 valence electrons. The highest BCUT2D eigenvalue weighted by atomic mass is 16.5. The number of aliphatic hydroxyl groups is 1. The summed E-state index contributed by atoms with van der Waals surface area (Å²) in [6.07, 6.45) is 2.47. The van der Waals surface area contributed by atoms with Crippen LogP contribution in [0.5, 0.6) is 17.2 Å². The molecule has 2 aromatic rings. The Kier molecular flexibility index (Phi) is 5.84. The molecule has 0 amide bonds. The van der Waals surface area contributed by atoms with Crippen LogP contribution in [0.3, 0.4) is 0 Å². The van der Waals surface area contributed by atoms with E-state index in [2.05, 4.69) is 14.9 Å². The van der Waals surface area contributed by atoms with Gasteiger partial charge in [0.2, 0.25) is 5.75 Å². The third-order valence-corrected chi connectivity index (χ3v) is 4.75. The molecule has 1 fully saturated rings. The van der Waals surface area contributed by atoms with Gasteiger partial charge in [-0.05, 0) is 18.9 Å². The number of hydrogen-bond acceptors (Lipinski definition) is 8. The fraction of sp³-hybridized carbons (Fsp3) is 0.421. The van der Waals surface area contributed by atoms with Gasteiger partial charge in [-0.3, -0.25) is 0 Å². The van der Waals surface area contributed by atoms with Gasteiger partial charge in [-0.2, -0.15) is 0 Å². The van der Waals surface area contributed by atoms with E-state index in [1.165, 1.54) is 33.7 Å². The zero-order valence-corrected chi connectivity index (χ0v) is 16.0. The molecule has 0 aliphatic carbocycles. The van der Waals surface area contributed by atoms with E-state index < -0.39 is 5.97 Å². The summed E-state index contributed by atoms with van der Waals surface area (Å²) < 4.78 is 16.1. The topological polar surface area (TPSA) is 114 Å². The molecule has 2 heterocycles. The molecule has 0 unspecified atom stereocenters. The SMILES string of the molecule is COc1c(C(=O)O)cc(-c2cc(N3CCC(O)CC3)ncn2)c(OC)c1OC. The summed E-state index contributed by atoms with van der Waals surface area (Å²) >= 11 is 0. The van der Waals surface area contributed by atoms with Crippen LogP contribution >= 0.6 is 0 Å². The molecular weight excluding hydrogens is 366 g/mol. The van der Waals surface area contributed by atoms with Crippen molar-refractivity contribution in [2.75, 3.05) is 39.3 Å². The van der Waals surface area contributed by atoms with Gasteiger partial charge in [0, 0.05) is 24.7 Å². The third-order valence-electron chi connectivity index (χ3n) is 4.75. The monoisotopic (exact) mass is 389 g/mol. The molecule has 1 aliphatic rings. The number of aromatic nitrogens is 2. The van der Waals surface area contributed by atoms with Crippen LogP contribution in [0.2, 0.25) is 0 Å². The van der Waals surface area contributed by atoms with Gasteiger partial charge in [0.1, 0.15) is 17.7 Å². The normalized spacial score (nSPS) is 14.6. The average molecular weight is 389 g/mol. The van der Waals surface area contributed by atoms with Gasteiger partial charge in [-0.1, -0.05) is 0 Å². The number of anilines is 1. The molecule has 0 bridgehead atoms. The number of ether oxygens (including phenoxy) is 3. The molecule has 0 radical (unpaired) electrons. The lowest BCUT2D eigenvalue weighted by molar-refractivity contribution is 0.0692. The smallest absolute Gasteiger partial charge is 0.339 e. The average Bonchev–Trinajstić information content (AvgIpc) is 2.72. The van der Waals surface area contributed by atoms with Crippen molar-refractivity contribution in [3.63, 3.8) is 0 Å². The molecule has 1 aliphatic heterocycles. The highest BCUT2D eigenvalue weighted by molar-refractivity contribution is 5.96. The Morgan fingerprint density at radius 3 is 2.25 bits per heavy atom. The van der Waals surface area contributed by atoms with Crippen LogP contribution in [0, 0.1) is 0 Å². The van der Waals surface area contributed by atoms with E-state index in [-0.39, 0.29) is 23.2 Å². The Labute approximate surface area is 162 Å². The number of aromatic carboxylic acids is 1. The van der Waals surface area contributed by atoms with Crippen molar-refractivity contribution in [2.45, 2.75) is 18.9 Å². The zero-order chi connectivity index (χ0) is 20.3. The summed E-state index contributed by atoms with van der Waals surface area (Å²) in [6, 6.07) is 3.22. The van der Waals surface area contributed by atoms with Gasteiger partial charge in [-0.15, -0.1) is 0 Å². The van der Waals surface area contributed by atoms with E-state index in [9.17, 15) is 15.0 Å². The number of nitrogens with zero attached hydrogens (tertiary/aromatic N) is 3. The summed E-state index contributed by atoms with van der Waals surface area (Å²) in [5.41, 5.74) is 0.895. The Hall–Kier alpha value is -3.07. The van der Waals surface area contributed by atoms with E-state index in [1.54, 1.807) is 6.07 Å². The van der Waals surface area contributed by atoms with Crippen LogP contribution in [0.4, 0.5) is 5.82 Å². The van der Waals surface area contributed by atoms with Gasteiger partial charge in [0.15, 0.2) is 11.5 Å². The van der Waals surface area contributed by atoms with Gasteiger partial charge >= 0.3 is 5.97 Å². The number of benzene rings is 1. The number of carbonyl (C=O) groups is 1. The first kappa shape index (κ1) is 19.7. The maximum atomic E-state index is 11.7. The van der Waals surface area contributed by atoms with E-state index in [1.807, 2.05) is 0 Å². The minimum atomic E-state index is -1.15. The summed E-state index contributed by atoms with van der Waals surface area (Å²) in [4.78, 5) is 22.4. The lowest BCUT2D eigenvalue weighted by Gasteiger charge is -2.30.